The van der Waals surface area contributed by atoms with E-state index < -0.39 is 11.6 Å². The molecular formula is C13H23NO4S. The zero-order chi connectivity index (χ0) is 14.5. The minimum Gasteiger partial charge on any atom is -0.481 e. The second-order valence-electron chi connectivity index (χ2n) is 5.84. The fraction of sp³-hybridized carbons (Fsp3) is 0.846. The SMILES string of the molecule is CC(C)(C)OC(=O)N1CCCC(CSCC(=O)O)C1. The van der Waals surface area contributed by atoms with Gasteiger partial charge in [-0.1, -0.05) is 0 Å². The summed E-state index contributed by atoms with van der Waals surface area (Å²) in [7, 11) is 0. The van der Waals surface area contributed by atoms with Crippen LogP contribution in [0, 0.1) is 5.92 Å². The number of amides is 1. The number of carbonyl (C=O) groups is 2. The molecule has 5 nitrogen and oxygen atoms in total. The standard InChI is InChI=1S/C13H23NO4S/c1-13(2,3)18-12(17)14-6-4-5-10(7-14)8-19-9-11(15)16/h10H,4-9H2,1-3H3,(H,15,16). The van der Waals surface area contributed by atoms with Gasteiger partial charge in [0.05, 0.1) is 5.75 Å². The highest BCUT2D eigenvalue weighted by molar-refractivity contribution is 7.99. The summed E-state index contributed by atoms with van der Waals surface area (Å²) in [4.78, 5) is 24.1. The van der Waals surface area contributed by atoms with Crippen LogP contribution >= 0.6 is 11.8 Å². The Morgan fingerprint density at radius 1 is 1.42 bits per heavy atom. The average Bonchev–Trinajstić information content (AvgIpc) is 2.26. The second-order valence-corrected chi connectivity index (χ2v) is 6.87. The molecule has 110 valence electrons. The number of aliphatic carboxylic acids is 1. The lowest BCUT2D eigenvalue weighted by Gasteiger charge is -2.34. The van der Waals surface area contributed by atoms with Gasteiger partial charge in [-0.05, 0) is 45.3 Å². The van der Waals surface area contributed by atoms with Crippen molar-refractivity contribution in [1.29, 1.82) is 0 Å². The van der Waals surface area contributed by atoms with Crippen molar-refractivity contribution in [2.24, 2.45) is 5.92 Å². The van der Waals surface area contributed by atoms with Crippen molar-refractivity contribution in [2.45, 2.75) is 39.2 Å². The summed E-state index contributed by atoms with van der Waals surface area (Å²) in [5, 5.41) is 8.61. The molecule has 0 spiro atoms. The number of rotatable bonds is 4. The number of likely N-dealkylation sites (tertiary alicyclic amines) is 1. The van der Waals surface area contributed by atoms with Gasteiger partial charge in [0.1, 0.15) is 5.60 Å². The van der Waals surface area contributed by atoms with E-state index in [1.54, 1.807) is 4.90 Å². The Labute approximate surface area is 118 Å². The Hall–Kier alpha value is -0.910. The van der Waals surface area contributed by atoms with Crippen molar-refractivity contribution >= 4 is 23.8 Å². The molecule has 1 atom stereocenters. The first-order chi connectivity index (χ1) is 8.78. The van der Waals surface area contributed by atoms with Crippen LogP contribution in [0.1, 0.15) is 33.6 Å². The summed E-state index contributed by atoms with van der Waals surface area (Å²) in [6, 6.07) is 0. The molecule has 1 aliphatic heterocycles. The van der Waals surface area contributed by atoms with E-state index in [9.17, 15) is 9.59 Å². The van der Waals surface area contributed by atoms with E-state index in [2.05, 4.69) is 0 Å². The first-order valence-corrected chi connectivity index (χ1v) is 7.71. The van der Waals surface area contributed by atoms with Gasteiger partial charge in [-0.2, -0.15) is 0 Å². The number of piperidine rings is 1. The lowest BCUT2D eigenvalue weighted by atomic mass is 10.0. The summed E-state index contributed by atoms with van der Waals surface area (Å²) < 4.78 is 5.35. The Balaban J connectivity index is 2.37. The van der Waals surface area contributed by atoms with Gasteiger partial charge >= 0.3 is 12.1 Å². The van der Waals surface area contributed by atoms with Crippen molar-refractivity contribution < 1.29 is 19.4 Å². The molecule has 0 aromatic rings. The number of thioether (sulfide) groups is 1. The zero-order valence-electron chi connectivity index (χ0n) is 11.8. The molecule has 1 N–H and O–H groups in total. The van der Waals surface area contributed by atoms with Crippen LogP contribution in [-0.2, 0) is 9.53 Å². The summed E-state index contributed by atoms with van der Waals surface area (Å²) in [6.07, 6.45) is 1.74. The van der Waals surface area contributed by atoms with Gasteiger partial charge in [-0.25, -0.2) is 4.79 Å². The van der Waals surface area contributed by atoms with Gasteiger partial charge in [0.2, 0.25) is 0 Å². The maximum absolute atomic E-state index is 11.9. The van der Waals surface area contributed by atoms with Gasteiger partial charge in [0, 0.05) is 13.1 Å². The number of carbonyl (C=O) groups excluding carboxylic acids is 1. The van der Waals surface area contributed by atoms with Crippen LogP contribution in [0.4, 0.5) is 4.79 Å². The Bertz CT molecular complexity index is 327. The van der Waals surface area contributed by atoms with Crippen LogP contribution in [0.5, 0.6) is 0 Å². The fourth-order valence-corrected chi connectivity index (χ4v) is 2.90. The van der Waals surface area contributed by atoms with Crippen molar-refractivity contribution in [3.05, 3.63) is 0 Å². The van der Waals surface area contributed by atoms with Crippen LogP contribution in [0.2, 0.25) is 0 Å². The van der Waals surface area contributed by atoms with E-state index in [0.717, 1.165) is 25.1 Å². The van der Waals surface area contributed by atoms with Gasteiger partial charge in [-0.15, -0.1) is 11.8 Å². The number of carboxylic acid groups (broad SMARTS) is 1. The maximum atomic E-state index is 11.9. The minimum absolute atomic E-state index is 0.128. The molecule has 1 saturated heterocycles. The van der Waals surface area contributed by atoms with E-state index in [4.69, 9.17) is 9.84 Å². The largest absolute Gasteiger partial charge is 0.481 e. The number of hydrogen-bond acceptors (Lipinski definition) is 4. The molecule has 0 bridgehead atoms. The van der Waals surface area contributed by atoms with E-state index in [0.29, 0.717) is 12.5 Å². The molecule has 0 saturated carbocycles. The third-order valence-electron chi connectivity index (χ3n) is 2.75. The highest BCUT2D eigenvalue weighted by atomic mass is 32.2. The molecule has 19 heavy (non-hydrogen) atoms. The third-order valence-corrected chi connectivity index (χ3v) is 3.91. The van der Waals surface area contributed by atoms with E-state index in [1.807, 2.05) is 20.8 Å². The fourth-order valence-electron chi connectivity index (χ4n) is 2.01. The molecule has 1 rings (SSSR count). The van der Waals surface area contributed by atoms with Crippen molar-refractivity contribution in [3.63, 3.8) is 0 Å². The summed E-state index contributed by atoms with van der Waals surface area (Å²) in [5.74, 6) is 0.490. The van der Waals surface area contributed by atoms with Crippen LogP contribution in [0.3, 0.4) is 0 Å². The molecule has 0 aromatic carbocycles. The normalized spacial score (nSPS) is 20.2. The molecule has 0 aliphatic carbocycles. The highest BCUT2D eigenvalue weighted by Crippen LogP contribution is 2.22. The van der Waals surface area contributed by atoms with E-state index in [-0.39, 0.29) is 11.8 Å². The van der Waals surface area contributed by atoms with Crippen LogP contribution in [-0.4, -0.2) is 52.3 Å². The predicted molar refractivity (Wildman–Crippen MR) is 75.5 cm³/mol. The summed E-state index contributed by atoms with van der Waals surface area (Å²) >= 11 is 1.42. The molecule has 6 heteroatoms. The van der Waals surface area contributed by atoms with Crippen molar-refractivity contribution in [1.82, 2.24) is 4.90 Å². The minimum atomic E-state index is -0.787. The molecule has 0 radical (unpaired) electrons. The number of carboxylic acids is 1. The number of nitrogens with zero attached hydrogens (tertiary/aromatic N) is 1. The molecular weight excluding hydrogens is 266 g/mol. The van der Waals surface area contributed by atoms with Crippen LogP contribution in [0.15, 0.2) is 0 Å². The summed E-state index contributed by atoms with van der Waals surface area (Å²) in [5.41, 5.74) is -0.470. The third kappa shape index (κ3) is 6.71. The van der Waals surface area contributed by atoms with Crippen LogP contribution < -0.4 is 0 Å². The zero-order valence-corrected chi connectivity index (χ0v) is 12.7. The molecule has 0 aromatic heterocycles. The van der Waals surface area contributed by atoms with Crippen molar-refractivity contribution in [3.8, 4) is 0 Å². The predicted octanol–water partition coefficient (Wildman–Crippen LogP) is 2.45. The van der Waals surface area contributed by atoms with Gasteiger partial charge in [0.15, 0.2) is 0 Å². The summed E-state index contributed by atoms with van der Waals surface area (Å²) in [6.45, 7) is 6.97. The molecule has 1 unspecified atom stereocenters. The quantitative estimate of drug-likeness (QED) is 0.861. The molecule has 1 aliphatic rings. The van der Waals surface area contributed by atoms with Crippen molar-refractivity contribution in [2.75, 3.05) is 24.6 Å². The van der Waals surface area contributed by atoms with Gasteiger partial charge in [-0.3, -0.25) is 4.79 Å². The second kappa shape index (κ2) is 7.03. The monoisotopic (exact) mass is 289 g/mol. The average molecular weight is 289 g/mol. The molecule has 1 amide bonds. The van der Waals surface area contributed by atoms with E-state index >= 15 is 0 Å². The smallest absolute Gasteiger partial charge is 0.410 e. The van der Waals surface area contributed by atoms with Gasteiger partial charge in [0.25, 0.3) is 0 Å². The molecule has 1 fully saturated rings. The van der Waals surface area contributed by atoms with Crippen LogP contribution in [0.25, 0.3) is 0 Å². The number of ether oxygens (including phenoxy) is 1. The van der Waals surface area contributed by atoms with E-state index in [1.165, 1.54) is 11.8 Å². The first kappa shape index (κ1) is 16.1. The van der Waals surface area contributed by atoms with Gasteiger partial charge < -0.3 is 14.7 Å². The molecule has 1 heterocycles. The highest BCUT2D eigenvalue weighted by Gasteiger charge is 2.27. The topological polar surface area (TPSA) is 66.8 Å². The first-order valence-electron chi connectivity index (χ1n) is 6.55. The lowest BCUT2D eigenvalue weighted by molar-refractivity contribution is -0.133. The Morgan fingerprint density at radius 2 is 2.11 bits per heavy atom. The maximum Gasteiger partial charge on any atom is 0.410 e. The Morgan fingerprint density at radius 3 is 2.68 bits per heavy atom. The Kier molecular flexibility index (Phi) is 5.97. The lowest BCUT2D eigenvalue weighted by Crippen LogP contribution is -2.43. The number of hydrogen-bond donors (Lipinski definition) is 1.